The minimum Gasteiger partial charge on any atom is -0.373 e. The summed E-state index contributed by atoms with van der Waals surface area (Å²) in [7, 11) is 0. The minimum atomic E-state index is -0.0971. The van der Waals surface area contributed by atoms with E-state index in [0.29, 0.717) is 6.04 Å². The van der Waals surface area contributed by atoms with Crippen molar-refractivity contribution < 1.29 is 4.74 Å². The van der Waals surface area contributed by atoms with Gasteiger partial charge in [-0.3, -0.25) is 0 Å². The third kappa shape index (κ3) is 1.89. The maximum absolute atomic E-state index is 9.11. The molecular formula is C12H20N2O. The van der Waals surface area contributed by atoms with E-state index in [2.05, 4.69) is 24.8 Å². The third-order valence-electron chi connectivity index (χ3n) is 3.96. The van der Waals surface area contributed by atoms with Gasteiger partial charge in [0.25, 0.3) is 0 Å². The highest BCUT2D eigenvalue weighted by Crippen LogP contribution is 2.40. The normalized spacial score (nSPS) is 30.9. The lowest BCUT2D eigenvalue weighted by Crippen LogP contribution is -2.49. The van der Waals surface area contributed by atoms with Gasteiger partial charge in [0.15, 0.2) is 0 Å². The van der Waals surface area contributed by atoms with Gasteiger partial charge in [0.2, 0.25) is 0 Å². The molecule has 2 rings (SSSR count). The number of nitrogens with zero attached hydrogens (tertiary/aromatic N) is 2. The number of piperidine rings is 1. The summed E-state index contributed by atoms with van der Waals surface area (Å²) in [5.41, 5.74) is -0.0971. The zero-order valence-corrected chi connectivity index (χ0v) is 9.70. The molecule has 0 aromatic rings. The summed E-state index contributed by atoms with van der Waals surface area (Å²) < 4.78 is 5.86. The molecule has 2 aliphatic rings. The molecule has 1 atom stereocenters. The van der Waals surface area contributed by atoms with Crippen LogP contribution in [0.3, 0.4) is 0 Å². The van der Waals surface area contributed by atoms with E-state index in [1.54, 1.807) is 0 Å². The molecular weight excluding hydrogens is 188 g/mol. The van der Waals surface area contributed by atoms with Gasteiger partial charge < -0.3 is 9.64 Å². The van der Waals surface area contributed by atoms with E-state index in [1.807, 2.05) is 0 Å². The summed E-state index contributed by atoms with van der Waals surface area (Å²) in [5.74, 6) is 0.131. The molecule has 2 aliphatic heterocycles. The van der Waals surface area contributed by atoms with Crippen molar-refractivity contribution in [2.24, 2.45) is 5.92 Å². The SMILES string of the molecule is CC(C)N1CCC2(CC1)OCCC2C#N. The van der Waals surface area contributed by atoms with E-state index in [0.717, 1.165) is 39.0 Å². The molecule has 1 unspecified atom stereocenters. The van der Waals surface area contributed by atoms with Crippen LogP contribution in [0.5, 0.6) is 0 Å². The lowest BCUT2D eigenvalue weighted by Gasteiger charge is -2.41. The molecule has 0 N–H and O–H groups in total. The van der Waals surface area contributed by atoms with Gasteiger partial charge in [0, 0.05) is 25.7 Å². The molecule has 2 fully saturated rings. The molecule has 15 heavy (non-hydrogen) atoms. The maximum atomic E-state index is 9.11. The van der Waals surface area contributed by atoms with Gasteiger partial charge in [-0.05, 0) is 33.1 Å². The Morgan fingerprint density at radius 1 is 1.40 bits per heavy atom. The first-order valence-electron chi connectivity index (χ1n) is 5.95. The molecule has 3 heteroatoms. The van der Waals surface area contributed by atoms with Gasteiger partial charge in [-0.25, -0.2) is 0 Å². The van der Waals surface area contributed by atoms with E-state index in [9.17, 15) is 0 Å². The van der Waals surface area contributed by atoms with Crippen LogP contribution in [0.25, 0.3) is 0 Å². The Balaban J connectivity index is 2.00. The highest BCUT2D eigenvalue weighted by molar-refractivity contribution is 5.05. The Morgan fingerprint density at radius 3 is 2.60 bits per heavy atom. The van der Waals surface area contributed by atoms with Crippen molar-refractivity contribution in [1.29, 1.82) is 5.26 Å². The number of likely N-dealkylation sites (tertiary alicyclic amines) is 1. The fraction of sp³-hybridized carbons (Fsp3) is 0.917. The Hall–Kier alpha value is -0.590. The van der Waals surface area contributed by atoms with Crippen LogP contribution in [0.4, 0.5) is 0 Å². The summed E-state index contributed by atoms with van der Waals surface area (Å²) in [6, 6.07) is 3.04. The van der Waals surface area contributed by atoms with Crippen molar-refractivity contribution >= 4 is 0 Å². The van der Waals surface area contributed by atoms with E-state index < -0.39 is 0 Å². The number of rotatable bonds is 1. The van der Waals surface area contributed by atoms with Gasteiger partial charge >= 0.3 is 0 Å². The lowest BCUT2D eigenvalue weighted by atomic mass is 9.80. The van der Waals surface area contributed by atoms with Crippen LogP contribution in [0.2, 0.25) is 0 Å². The zero-order chi connectivity index (χ0) is 10.9. The number of hydrogen-bond acceptors (Lipinski definition) is 3. The van der Waals surface area contributed by atoms with Crippen LogP contribution in [-0.2, 0) is 4.74 Å². The maximum Gasteiger partial charge on any atom is 0.0865 e. The molecule has 3 nitrogen and oxygen atoms in total. The smallest absolute Gasteiger partial charge is 0.0865 e. The number of hydrogen-bond donors (Lipinski definition) is 0. The third-order valence-corrected chi connectivity index (χ3v) is 3.96. The van der Waals surface area contributed by atoms with Crippen molar-refractivity contribution in [3.8, 4) is 6.07 Å². The van der Waals surface area contributed by atoms with E-state index in [-0.39, 0.29) is 11.5 Å². The van der Waals surface area contributed by atoms with Crippen molar-refractivity contribution in [2.75, 3.05) is 19.7 Å². The zero-order valence-electron chi connectivity index (χ0n) is 9.70. The van der Waals surface area contributed by atoms with Crippen molar-refractivity contribution in [3.63, 3.8) is 0 Å². The van der Waals surface area contributed by atoms with Gasteiger partial charge in [0.1, 0.15) is 0 Å². The second kappa shape index (κ2) is 4.11. The summed E-state index contributed by atoms with van der Waals surface area (Å²) in [6.45, 7) is 7.40. The Bertz CT molecular complexity index is 261. The monoisotopic (exact) mass is 208 g/mol. The molecule has 0 aromatic heterocycles. The van der Waals surface area contributed by atoms with Crippen molar-refractivity contribution in [2.45, 2.75) is 44.8 Å². The van der Waals surface area contributed by atoms with Crippen LogP contribution in [-0.4, -0.2) is 36.2 Å². The van der Waals surface area contributed by atoms with Crippen molar-refractivity contribution in [3.05, 3.63) is 0 Å². The number of nitriles is 1. The van der Waals surface area contributed by atoms with Crippen LogP contribution in [0.15, 0.2) is 0 Å². The van der Waals surface area contributed by atoms with Crippen LogP contribution in [0, 0.1) is 17.2 Å². The second-order valence-corrected chi connectivity index (χ2v) is 5.01. The molecule has 0 aromatic carbocycles. The number of ether oxygens (including phenoxy) is 1. The largest absolute Gasteiger partial charge is 0.373 e. The second-order valence-electron chi connectivity index (χ2n) is 5.01. The quantitative estimate of drug-likeness (QED) is 0.659. The molecule has 84 valence electrons. The first-order valence-corrected chi connectivity index (χ1v) is 5.95. The molecule has 2 heterocycles. The van der Waals surface area contributed by atoms with Crippen LogP contribution >= 0.6 is 0 Å². The summed E-state index contributed by atoms with van der Waals surface area (Å²) in [5, 5.41) is 9.11. The molecule has 0 bridgehead atoms. The summed E-state index contributed by atoms with van der Waals surface area (Å²) in [4.78, 5) is 2.47. The molecule has 0 saturated carbocycles. The Labute approximate surface area is 92.0 Å². The Morgan fingerprint density at radius 2 is 2.07 bits per heavy atom. The average molecular weight is 208 g/mol. The first-order chi connectivity index (χ1) is 7.18. The van der Waals surface area contributed by atoms with Crippen LogP contribution < -0.4 is 0 Å². The minimum absolute atomic E-state index is 0.0971. The molecule has 0 radical (unpaired) electrons. The van der Waals surface area contributed by atoms with Crippen LogP contribution in [0.1, 0.15) is 33.1 Å². The van der Waals surface area contributed by atoms with Gasteiger partial charge in [-0.1, -0.05) is 0 Å². The molecule has 0 amide bonds. The van der Waals surface area contributed by atoms with Gasteiger partial charge in [-0.2, -0.15) is 5.26 Å². The van der Waals surface area contributed by atoms with E-state index >= 15 is 0 Å². The highest BCUT2D eigenvalue weighted by Gasteiger charge is 2.46. The lowest BCUT2D eigenvalue weighted by molar-refractivity contribution is -0.0612. The predicted molar refractivity (Wildman–Crippen MR) is 58.3 cm³/mol. The van der Waals surface area contributed by atoms with Gasteiger partial charge in [0.05, 0.1) is 17.6 Å². The van der Waals surface area contributed by atoms with Gasteiger partial charge in [-0.15, -0.1) is 0 Å². The Kier molecular flexibility index (Phi) is 2.99. The summed E-state index contributed by atoms with van der Waals surface area (Å²) >= 11 is 0. The van der Waals surface area contributed by atoms with Crippen molar-refractivity contribution in [1.82, 2.24) is 4.90 Å². The standard InChI is InChI=1S/C12H20N2O/c1-10(2)14-6-4-12(5-7-14)11(9-13)3-8-15-12/h10-11H,3-8H2,1-2H3. The molecule has 0 aliphatic carbocycles. The fourth-order valence-electron chi connectivity index (χ4n) is 2.84. The fourth-order valence-corrected chi connectivity index (χ4v) is 2.84. The van der Waals surface area contributed by atoms with E-state index in [1.165, 1.54) is 0 Å². The predicted octanol–water partition coefficient (Wildman–Crippen LogP) is 1.79. The topological polar surface area (TPSA) is 36.3 Å². The summed E-state index contributed by atoms with van der Waals surface area (Å²) in [6.07, 6.45) is 2.99. The average Bonchev–Trinajstić information content (AvgIpc) is 2.61. The van der Waals surface area contributed by atoms with E-state index in [4.69, 9.17) is 10.00 Å². The molecule has 1 spiro atoms. The highest BCUT2D eigenvalue weighted by atomic mass is 16.5. The first kappa shape index (κ1) is 10.9. The molecule has 2 saturated heterocycles.